The summed E-state index contributed by atoms with van der Waals surface area (Å²) in [5, 5.41) is 3.95. The van der Waals surface area contributed by atoms with E-state index in [1.807, 2.05) is 30.3 Å². The van der Waals surface area contributed by atoms with E-state index >= 15 is 0 Å². The number of hydrogen-bond acceptors (Lipinski definition) is 5. The van der Waals surface area contributed by atoms with Crippen molar-refractivity contribution >= 4 is 11.6 Å². The van der Waals surface area contributed by atoms with Gasteiger partial charge in [0, 0.05) is 44.0 Å². The van der Waals surface area contributed by atoms with E-state index in [1.54, 1.807) is 18.0 Å². The van der Waals surface area contributed by atoms with Crippen molar-refractivity contribution in [2.75, 3.05) is 38.3 Å². The van der Waals surface area contributed by atoms with Gasteiger partial charge in [-0.05, 0) is 17.7 Å². The van der Waals surface area contributed by atoms with Crippen LogP contribution in [0.5, 0.6) is 0 Å². The van der Waals surface area contributed by atoms with Crippen LogP contribution < -0.4 is 4.90 Å². The average Bonchev–Trinajstić information content (AvgIpc) is 3.25. The van der Waals surface area contributed by atoms with Crippen LogP contribution in [-0.4, -0.2) is 49.3 Å². The molecule has 0 atom stereocenters. The van der Waals surface area contributed by atoms with Gasteiger partial charge in [0.1, 0.15) is 0 Å². The highest BCUT2D eigenvalue weighted by Crippen LogP contribution is 2.21. The Hall–Kier alpha value is -3.12. The van der Waals surface area contributed by atoms with Crippen molar-refractivity contribution in [3.8, 4) is 11.3 Å². The molecule has 1 fully saturated rings. The predicted octanol–water partition coefficient (Wildman–Crippen LogP) is 3.45. The van der Waals surface area contributed by atoms with Crippen LogP contribution in [0.1, 0.15) is 16.1 Å². The molecule has 1 aliphatic rings. The second-order valence-electron chi connectivity index (χ2n) is 6.87. The van der Waals surface area contributed by atoms with Crippen LogP contribution in [0, 0.1) is 0 Å². The number of hydrogen-bond donors (Lipinski definition) is 0. The van der Waals surface area contributed by atoms with Gasteiger partial charge in [-0.25, -0.2) is 0 Å². The topological polar surface area (TPSA) is 58.8 Å². The molecule has 1 aliphatic heterocycles. The summed E-state index contributed by atoms with van der Waals surface area (Å²) in [5.41, 5.74) is 3.46. The minimum absolute atomic E-state index is 0.164. The highest BCUT2D eigenvalue weighted by atomic mass is 16.5. The van der Waals surface area contributed by atoms with Gasteiger partial charge >= 0.3 is 0 Å². The van der Waals surface area contributed by atoms with Gasteiger partial charge in [0.25, 0.3) is 5.91 Å². The molecule has 1 amide bonds. The van der Waals surface area contributed by atoms with Gasteiger partial charge in [0.05, 0.1) is 13.2 Å². The quantitative estimate of drug-likeness (QED) is 0.682. The smallest absolute Gasteiger partial charge is 0.276 e. The summed E-state index contributed by atoms with van der Waals surface area (Å²) in [6, 6.07) is 19.6. The van der Waals surface area contributed by atoms with Gasteiger partial charge in [-0.3, -0.25) is 4.79 Å². The van der Waals surface area contributed by atoms with Crippen molar-refractivity contribution in [1.82, 2.24) is 10.1 Å². The molecule has 28 heavy (non-hydrogen) atoms. The first-order valence-electron chi connectivity index (χ1n) is 9.40. The van der Waals surface area contributed by atoms with Gasteiger partial charge < -0.3 is 19.1 Å². The molecule has 1 aromatic heterocycles. The molecule has 6 nitrogen and oxygen atoms in total. The lowest BCUT2D eigenvalue weighted by Gasteiger charge is -2.29. The minimum Gasteiger partial charge on any atom is -0.378 e. The minimum atomic E-state index is -0.164. The van der Waals surface area contributed by atoms with E-state index in [0.29, 0.717) is 18.0 Å². The monoisotopic (exact) mass is 377 g/mol. The summed E-state index contributed by atoms with van der Waals surface area (Å²) in [7, 11) is 1.77. The van der Waals surface area contributed by atoms with Crippen LogP contribution in [0.3, 0.4) is 0 Å². The standard InChI is InChI=1S/C22H23N3O3/c1-24(16-17-7-9-19(10-8-17)25-11-13-27-14-12-25)22(26)20-15-21(28-23-20)18-5-3-2-4-6-18/h2-10,15H,11-14,16H2,1H3. The molecule has 0 radical (unpaired) electrons. The van der Waals surface area contributed by atoms with Crippen molar-refractivity contribution in [1.29, 1.82) is 0 Å². The molecule has 0 bridgehead atoms. The van der Waals surface area contributed by atoms with Crippen LogP contribution in [0.25, 0.3) is 11.3 Å². The third kappa shape index (κ3) is 4.07. The Bertz CT molecular complexity index is 916. The number of aromatic nitrogens is 1. The Labute approximate surface area is 164 Å². The van der Waals surface area contributed by atoms with E-state index < -0.39 is 0 Å². The maximum absolute atomic E-state index is 12.7. The number of anilines is 1. The first-order valence-corrected chi connectivity index (χ1v) is 9.40. The molecule has 2 heterocycles. The number of ether oxygens (including phenoxy) is 1. The van der Waals surface area contributed by atoms with E-state index in [-0.39, 0.29) is 5.91 Å². The highest BCUT2D eigenvalue weighted by molar-refractivity contribution is 5.92. The van der Waals surface area contributed by atoms with Crippen LogP contribution in [0.15, 0.2) is 65.2 Å². The molecule has 0 saturated carbocycles. The first-order chi connectivity index (χ1) is 13.7. The highest BCUT2D eigenvalue weighted by Gasteiger charge is 2.18. The third-order valence-electron chi connectivity index (χ3n) is 4.87. The Balaban J connectivity index is 1.40. The SMILES string of the molecule is CN(Cc1ccc(N2CCOCC2)cc1)C(=O)c1cc(-c2ccccc2)on1. The van der Waals surface area contributed by atoms with Crippen molar-refractivity contribution in [2.45, 2.75) is 6.54 Å². The van der Waals surface area contributed by atoms with Crippen LogP contribution in [-0.2, 0) is 11.3 Å². The lowest BCUT2D eigenvalue weighted by molar-refractivity contribution is 0.0775. The van der Waals surface area contributed by atoms with Crippen LogP contribution in [0.4, 0.5) is 5.69 Å². The molecular weight excluding hydrogens is 354 g/mol. The van der Waals surface area contributed by atoms with E-state index in [9.17, 15) is 4.79 Å². The summed E-state index contributed by atoms with van der Waals surface area (Å²) in [6.45, 7) is 3.86. The molecule has 2 aromatic carbocycles. The predicted molar refractivity (Wildman–Crippen MR) is 107 cm³/mol. The summed E-state index contributed by atoms with van der Waals surface area (Å²) >= 11 is 0. The Morgan fingerprint density at radius 2 is 1.79 bits per heavy atom. The first kappa shape index (κ1) is 18.3. The fourth-order valence-corrected chi connectivity index (χ4v) is 3.29. The van der Waals surface area contributed by atoms with Crippen molar-refractivity contribution in [3.05, 3.63) is 71.9 Å². The lowest BCUT2D eigenvalue weighted by atomic mass is 10.1. The number of morpholine rings is 1. The average molecular weight is 377 g/mol. The van der Waals surface area contributed by atoms with Crippen molar-refractivity contribution in [3.63, 3.8) is 0 Å². The molecule has 6 heteroatoms. The van der Waals surface area contributed by atoms with Gasteiger partial charge in [0.2, 0.25) is 0 Å². The maximum atomic E-state index is 12.7. The second kappa shape index (κ2) is 8.27. The summed E-state index contributed by atoms with van der Waals surface area (Å²) < 4.78 is 10.7. The Kier molecular flexibility index (Phi) is 5.39. The van der Waals surface area contributed by atoms with E-state index in [0.717, 1.165) is 37.4 Å². The zero-order valence-corrected chi connectivity index (χ0v) is 15.9. The third-order valence-corrected chi connectivity index (χ3v) is 4.87. The van der Waals surface area contributed by atoms with Gasteiger partial charge in [-0.1, -0.05) is 47.6 Å². The summed E-state index contributed by atoms with van der Waals surface area (Å²) in [6.07, 6.45) is 0. The number of rotatable bonds is 5. The van der Waals surface area contributed by atoms with E-state index in [1.165, 1.54) is 5.69 Å². The van der Waals surface area contributed by atoms with Gasteiger partial charge in [0.15, 0.2) is 11.5 Å². The second-order valence-corrected chi connectivity index (χ2v) is 6.87. The zero-order valence-electron chi connectivity index (χ0n) is 15.9. The number of carbonyl (C=O) groups excluding carboxylic acids is 1. The molecule has 4 rings (SSSR count). The lowest BCUT2D eigenvalue weighted by Crippen LogP contribution is -2.36. The van der Waals surface area contributed by atoms with Crippen molar-refractivity contribution < 1.29 is 14.1 Å². The van der Waals surface area contributed by atoms with E-state index in [4.69, 9.17) is 9.26 Å². The molecule has 144 valence electrons. The molecule has 1 saturated heterocycles. The normalized spacial score (nSPS) is 14.1. The van der Waals surface area contributed by atoms with Gasteiger partial charge in [-0.15, -0.1) is 0 Å². The molecule has 0 N–H and O–H groups in total. The molecule has 0 unspecified atom stereocenters. The van der Waals surface area contributed by atoms with Gasteiger partial charge in [-0.2, -0.15) is 0 Å². The molecule has 0 aliphatic carbocycles. The number of benzene rings is 2. The largest absolute Gasteiger partial charge is 0.378 e. The van der Waals surface area contributed by atoms with Crippen molar-refractivity contribution in [2.24, 2.45) is 0 Å². The maximum Gasteiger partial charge on any atom is 0.276 e. The number of nitrogens with zero attached hydrogens (tertiary/aromatic N) is 3. The molecule has 0 spiro atoms. The fourth-order valence-electron chi connectivity index (χ4n) is 3.29. The Morgan fingerprint density at radius 1 is 1.07 bits per heavy atom. The summed E-state index contributed by atoms with van der Waals surface area (Å²) in [5.74, 6) is 0.426. The molecule has 3 aromatic rings. The zero-order chi connectivity index (χ0) is 19.3. The number of amides is 1. The van der Waals surface area contributed by atoms with E-state index in [2.05, 4.69) is 34.3 Å². The van der Waals surface area contributed by atoms with Crippen LogP contribution in [0.2, 0.25) is 0 Å². The summed E-state index contributed by atoms with van der Waals surface area (Å²) in [4.78, 5) is 16.6. The molecular formula is C22H23N3O3. The Morgan fingerprint density at radius 3 is 2.50 bits per heavy atom. The number of carbonyl (C=O) groups is 1. The van der Waals surface area contributed by atoms with Crippen LogP contribution >= 0.6 is 0 Å². The fraction of sp³-hybridized carbons (Fsp3) is 0.273.